The maximum atomic E-state index is 14.9. The van der Waals surface area contributed by atoms with Gasteiger partial charge in [-0.05, 0) is 88.2 Å². The molecule has 0 spiro atoms. The lowest BCUT2D eigenvalue weighted by atomic mass is 9.92. The Morgan fingerprint density at radius 2 is 1.24 bits per heavy atom. The summed E-state index contributed by atoms with van der Waals surface area (Å²) < 4.78 is 6.71. The predicted molar refractivity (Wildman–Crippen MR) is 290 cm³/mol. The average molecular weight is 1070 g/mol. The van der Waals surface area contributed by atoms with Crippen LogP contribution in [0.25, 0.3) is 0 Å². The standard InChI is InChI=1S/C56H93N9O11/c1-17-35(9)42-53(72)65-29-23-27-40(65)47(66)58-28-22-26-41(55(74)75)62(14)51(70)39(31-37-24-20-19-21-25-37)59-48(67)43(33(5)6)64(16)54(73)45(36(10)18-2)76-56(11,12)46(57-13)50(69)60-38(30-32(3)4)52(71)63(15)44(34(7)8)49(68)61-42/h19-21,24-25,32-36,38-46,57H,17-18,22-23,26-31H2,1-16H3,(H,58,66)(H,59,67)(H,60,69)(H,61,68)(H,74,75)/t35-,36+,38-,39-,40+,41-,42-,43-,44?,45-,46+/m0/s1. The number of fused-ring (bicyclic) bond motifs is 1. The van der Waals surface area contributed by atoms with E-state index in [1.54, 1.807) is 78.9 Å². The van der Waals surface area contributed by atoms with Crippen molar-refractivity contribution in [3.8, 4) is 0 Å². The number of nitrogens with zero attached hydrogens (tertiary/aromatic N) is 4. The zero-order valence-corrected chi connectivity index (χ0v) is 48.4. The molecule has 0 aliphatic carbocycles. The lowest BCUT2D eigenvalue weighted by molar-refractivity contribution is -0.170. The van der Waals surface area contributed by atoms with Crippen LogP contribution in [0.15, 0.2) is 30.3 Å². The van der Waals surface area contributed by atoms with Crippen LogP contribution in [-0.4, -0.2) is 179 Å². The molecule has 0 saturated carbocycles. The van der Waals surface area contributed by atoms with E-state index < -0.39 is 131 Å². The van der Waals surface area contributed by atoms with Gasteiger partial charge in [0.05, 0.1) is 5.60 Å². The molecule has 0 aromatic heterocycles. The van der Waals surface area contributed by atoms with Crippen molar-refractivity contribution in [2.45, 2.75) is 194 Å². The SMILES string of the molecule is CC[C@@H](C)[C@@H]1OC(C)(C)[C@H](NC)C(=O)N[C@@H](CC(C)C)C(=O)N(C)C(C(C)C)C(=O)N[C@@H]([C@@H](C)CC)C(=O)N2CCC[C@@H]2C(=O)NCCC[C@@H](C(=O)O)N(C)C(=O)[C@H](Cc2ccccc2)NC(=O)[C@H](C(C)C)N(C)C1=O. The van der Waals surface area contributed by atoms with Crippen LogP contribution in [0.2, 0.25) is 0 Å². The molecule has 3 rings (SSSR count). The highest BCUT2D eigenvalue weighted by molar-refractivity contribution is 5.97. The Labute approximate surface area is 452 Å². The van der Waals surface area contributed by atoms with Gasteiger partial charge < -0.3 is 56.0 Å². The van der Waals surface area contributed by atoms with Crippen LogP contribution in [-0.2, 0) is 54.3 Å². The molecular weight excluding hydrogens is 975 g/mol. The highest BCUT2D eigenvalue weighted by atomic mass is 16.5. The fraction of sp³-hybridized carbons (Fsp3) is 0.732. The van der Waals surface area contributed by atoms with Gasteiger partial charge in [-0.25, -0.2) is 4.79 Å². The second kappa shape index (κ2) is 29.2. The number of carbonyl (C=O) groups excluding carboxylic acids is 8. The highest BCUT2D eigenvalue weighted by Crippen LogP contribution is 2.28. The number of rotatable bonds is 12. The molecule has 1 unspecified atom stereocenters. The maximum absolute atomic E-state index is 14.9. The molecule has 8 amide bonds. The van der Waals surface area contributed by atoms with Gasteiger partial charge in [0.15, 0.2) is 0 Å². The lowest BCUT2D eigenvalue weighted by Gasteiger charge is -2.41. The van der Waals surface area contributed by atoms with Crippen LogP contribution in [0.4, 0.5) is 0 Å². The third-order valence-corrected chi connectivity index (χ3v) is 15.3. The van der Waals surface area contributed by atoms with Gasteiger partial charge in [-0.1, -0.05) is 112 Å². The summed E-state index contributed by atoms with van der Waals surface area (Å²) in [5, 5.41) is 25.2. The van der Waals surface area contributed by atoms with Gasteiger partial charge in [0.2, 0.25) is 41.4 Å². The van der Waals surface area contributed by atoms with Crippen molar-refractivity contribution in [2.75, 3.05) is 41.3 Å². The summed E-state index contributed by atoms with van der Waals surface area (Å²) in [4.78, 5) is 134. The molecule has 6 N–H and O–H groups in total. The number of nitrogens with one attached hydrogen (secondary N) is 5. The first-order chi connectivity index (χ1) is 35.6. The Hall–Kier alpha value is -5.63. The van der Waals surface area contributed by atoms with Crippen molar-refractivity contribution in [1.29, 1.82) is 0 Å². The molecular formula is C56H93N9O11. The van der Waals surface area contributed by atoms with Crippen molar-refractivity contribution in [2.24, 2.45) is 29.6 Å². The molecule has 76 heavy (non-hydrogen) atoms. The molecule has 2 aliphatic heterocycles. The largest absolute Gasteiger partial charge is 0.480 e. The van der Waals surface area contributed by atoms with E-state index in [9.17, 15) is 48.3 Å². The van der Waals surface area contributed by atoms with Crippen molar-refractivity contribution in [3.05, 3.63) is 35.9 Å². The van der Waals surface area contributed by atoms with Crippen LogP contribution in [0.5, 0.6) is 0 Å². The second-order valence-corrected chi connectivity index (χ2v) is 22.8. The van der Waals surface area contributed by atoms with Crippen LogP contribution in [0.1, 0.15) is 134 Å². The Bertz CT molecular complexity index is 2160. The maximum Gasteiger partial charge on any atom is 0.326 e. The normalized spacial score (nSPS) is 28.0. The summed E-state index contributed by atoms with van der Waals surface area (Å²) in [7, 11) is 5.90. The Morgan fingerprint density at radius 1 is 0.697 bits per heavy atom. The fourth-order valence-corrected chi connectivity index (χ4v) is 10.6. The number of ether oxygens (including phenoxy) is 1. The van der Waals surface area contributed by atoms with Crippen LogP contribution in [0, 0.1) is 29.6 Å². The summed E-state index contributed by atoms with van der Waals surface area (Å²) in [6.07, 6.45) is 0.933. The van der Waals surface area contributed by atoms with Crippen LogP contribution < -0.4 is 26.6 Å². The van der Waals surface area contributed by atoms with E-state index in [1.807, 2.05) is 41.5 Å². The monoisotopic (exact) mass is 1070 g/mol. The molecule has 0 radical (unpaired) electrons. The number of carboxylic acids is 1. The molecule has 2 saturated heterocycles. The van der Waals surface area contributed by atoms with Gasteiger partial charge in [-0.3, -0.25) is 38.4 Å². The third kappa shape index (κ3) is 16.7. The Morgan fingerprint density at radius 3 is 1.76 bits per heavy atom. The zero-order valence-electron chi connectivity index (χ0n) is 48.4. The quantitative estimate of drug-likeness (QED) is 0.176. The van der Waals surface area contributed by atoms with Crippen molar-refractivity contribution in [1.82, 2.24) is 46.2 Å². The van der Waals surface area contributed by atoms with Gasteiger partial charge in [0.1, 0.15) is 54.4 Å². The number of aliphatic carboxylic acids is 1. The topological polar surface area (TPSA) is 256 Å². The number of benzene rings is 1. The predicted octanol–water partition coefficient (Wildman–Crippen LogP) is 3.35. The summed E-state index contributed by atoms with van der Waals surface area (Å²) in [6.45, 7) is 21.9. The minimum atomic E-state index is -1.43. The minimum Gasteiger partial charge on any atom is -0.480 e. The van der Waals surface area contributed by atoms with E-state index in [4.69, 9.17) is 4.74 Å². The van der Waals surface area contributed by atoms with Crippen LogP contribution in [0.3, 0.4) is 0 Å². The van der Waals surface area contributed by atoms with Gasteiger partial charge in [-0.2, -0.15) is 0 Å². The minimum absolute atomic E-state index is 0.00269. The second-order valence-electron chi connectivity index (χ2n) is 22.8. The zero-order chi connectivity index (χ0) is 57.5. The molecule has 0 bridgehead atoms. The molecule has 20 nitrogen and oxygen atoms in total. The molecule has 428 valence electrons. The van der Waals surface area contributed by atoms with E-state index in [0.29, 0.717) is 31.2 Å². The van der Waals surface area contributed by atoms with E-state index in [1.165, 1.54) is 35.8 Å². The van der Waals surface area contributed by atoms with Gasteiger partial charge in [0, 0.05) is 40.7 Å². The number of carboxylic acid groups (broad SMARTS) is 1. The summed E-state index contributed by atoms with van der Waals surface area (Å²) in [5.41, 5.74) is -0.742. The molecule has 1 aromatic rings. The summed E-state index contributed by atoms with van der Waals surface area (Å²) in [6, 6.07) is -0.0902. The molecule has 2 heterocycles. The average Bonchev–Trinajstić information content (AvgIpc) is 3.85. The lowest BCUT2D eigenvalue weighted by Crippen LogP contribution is -2.63. The first kappa shape index (κ1) is 64.7. The number of amides is 8. The van der Waals surface area contributed by atoms with Crippen molar-refractivity contribution < 1.29 is 53.0 Å². The summed E-state index contributed by atoms with van der Waals surface area (Å²) in [5.74, 6) is -7.64. The highest BCUT2D eigenvalue weighted by Gasteiger charge is 2.46. The van der Waals surface area contributed by atoms with E-state index in [2.05, 4.69) is 26.6 Å². The first-order valence-electron chi connectivity index (χ1n) is 27.5. The molecule has 20 heteroatoms. The van der Waals surface area contributed by atoms with E-state index >= 15 is 0 Å². The molecule has 1 aromatic carbocycles. The Balaban J connectivity index is 2.21. The van der Waals surface area contributed by atoms with Gasteiger partial charge in [0.25, 0.3) is 5.91 Å². The number of likely N-dealkylation sites (N-methyl/N-ethyl adjacent to an activating group) is 4. The number of hydrogen-bond donors (Lipinski definition) is 6. The Kier molecular flexibility index (Phi) is 24.8. The molecule has 11 atom stereocenters. The van der Waals surface area contributed by atoms with Gasteiger partial charge >= 0.3 is 5.97 Å². The smallest absolute Gasteiger partial charge is 0.326 e. The number of carbonyl (C=O) groups is 9. The van der Waals surface area contributed by atoms with Crippen molar-refractivity contribution in [3.63, 3.8) is 0 Å². The van der Waals surface area contributed by atoms with Crippen molar-refractivity contribution >= 4 is 53.2 Å². The summed E-state index contributed by atoms with van der Waals surface area (Å²) >= 11 is 0. The van der Waals surface area contributed by atoms with Gasteiger partial charge in [-0.15, -0.1) is 0 Å². The van der Waals surface area contributed by atoms with E-state index in [0.717, 1.165) is 4.90 Å². The number of hydrogen-bond acceptors (Lipinski definition) is 11. The fourth-order valence-electron chi connectivity index (χ4n) is 10.6. The molecule has 2 fully saturated rings. The first-order valence-corrected chi connectivity index (χ1v) is 27.5. The van der Waals surface area contributed by atoms with Crippen LogP contribution >= 0.6 is 0 Å². The molecule has 2 aliphatic rings. The van der Waals surface area contributed by atoms with E-state index in [-0.39, 0.29) is 50.6 Å². The third-order valence-electron chi connectivity index (χ3n) is 15.3.